The third kappa shape index (κ3) is 3.14. The molecule has 1 saturated heterocycles. The van der Waals surface area contributed by atoms with Crippen molar-refractivity contribution in [2.45, 2.75) is 44.8 Å². The van der Waals surface area contributed by atoms with E-state index in [1.165, 1.54) is 25.7 Å². The van der Waals surface area contributed by atoms with Crippen molar-refractivity contribution in [2.75, 3.05) is 26.2 Å². The van der Waals surface area contributed by atoms with E-state index in [1.54, 1.807) is 24.2 Å². The van der Waals surface area contributed by atoms with Crippen LogP contribution in [0.2, 0.25) is 0 Å². The molecule has 0 unspecified atom stereocenters. The standard InChI is InChI=1S/C16H24N2O3/c1-12-15(6-9-21-12)16(20)18-8-7-17(10-14(19)11-18)13-4-2-3-5-13/h6,9,13-14,19H,2-5,7-8,10-11H2,1H3/t14-/m1/s1. The zero-order valence-corrected chi connectivity index (χ0v) is 12.6. The zero-order chi connectivity index (χ0) is 14.8. The highest BCUT2D eigenvalue weighted by Gasteiger charge is 2.30. The summed E-state index contributed by atoms with van der Waals surface area (Å²) in [6, 6.07) is 2.30. The maximum absolute atomic E-state index is 12.5. The number of β-amino-alcohol motifs (C(OH)–C–C–N with tert-alkyl or cyclic N) is 1. The van der Waals surface area contributed by atoms with E-state index in [9.17, 15) is 9.90 Å². The summed E-state index contributed by atoms with van der Waals surface area (Å²) < 4.78 is 5.22. The largest absolute Gasteiger partial charge is 0.469 e. The minimum Gasteiger partial charge on any atom is -0.469 e. The molecule has 1 aliphatic heterocycles. The average molecular weight is 292 g/mol. The van der Waals surface area contributed by atoms with E-state index in [4.69, 9.17) is 4.42 Å². The summed E-state index contributed by atoms with van der Waals surface area (Å²) in [6.07, 6.45) is 6.09. The summed E-state index contributed by atoms with van der Waals surface area (Å²) in [5, 5.41) is 10.2. The molecule has 0 spiro atoms. The van der Waals surface area contributed by atoms with Gasteiger partial charge in [0.2, 0.25) is 0 Å². The van der Waals surface area contributed by atoms with Gasteiger partial charge in [-0.15, -0.1) is 0 Å². The lowest BCUT2D eigenvalue weighted by atomic mass is 10.2. The number of carbonyl (C=O) groups is 1. The molecule has 5 nitrogen and oxygen atoms in total. The van der Waals surface area contributed by atoms with Gasteiger partial charge in [-0.25, -0.2) is 0 Å². The van der Waals surface area contributed by atoms with Crippen molar-refractivity contribution in [3.8, 4) is 0 Å². The number of furan rings is 1. The Hall–Kier alpha value is -1.33. The third-order valence-electron chi connectivity index (χ3n) is 4.75. The predicted molar refractivity (Wildman–Crippen MR) is 79.2 cm³/mol. The smallest absolute Gasteiger partial charge is 0.257 e. The molecule has 1 saturated carbocycles. The van der Waals surface area contributed by atoms with Gasteiger partial charge in [0.1, 0.15) is 5.76 Å². The number of hydrogen-bond acceptors (Lipinski definition) is 4. The van der Waals surface area contributed by atoms with Crippen molar-refractivity contribution in [1.29, 1.82) is 0 Å². The first-order chi connectivity index (χ1) is 10.1. The van der Waals surface area contributed by atoms with Gasteiger partial charge in [0.15, 0.2) is 0 Å². The number of amides is 1. The van der Waals surface area contributed by atoms with Crippen LogP contribution in [0.15, 0.2) is 16.7 Å². The summed E-state index contributed by atoms with van der Waals surface area (Å²) in [5.41, 5.74) is 0.608. The average Bonchev–Trinajstić information content (AvgIpc) is 3.08. The number of aryl methyl sites for hydroxylation is 1. The maximum atomic E-state index is 12.5. The number of aliphatic hydroxyl groups is 1. The lowest BCUT2D eigenvalue weighted by Crippen LogP contribution is -2.39. The van der Waals surface area contributed by atoms with Gasteiger partial charge in [0.05, 0.1) is 17.9 Å². The number of aliphatic hydroxyl groups excluding tert-OH is 1. The summed E-state index contributed by atoms with van der Waals surface area (Å²) in [4.78, 5) is 16.7. The van der Waals surface area contributed by atoms with Gasteiger partial charge in [0, 0.05) is 32.2 Å². The molecule has 1 aliphatic carbocycles. The lowest BCUT2D eigenvalue weighted by molar-refractivity contribution is 0.0654. The number of rotatable bonds is 2. The first-order valence-corrected chi connectivity index (χ1v) is 7.90. The van der Waals surface area contributed by atoms with Crippen LogP contribution in [0, 0.1) is 6.92 Å². The van der Waals surface area contributed by atoms with Gasteiger partial charge in [-0.3, -0.25) is 9.69 Å². The van der Waals surface area contributed by atoms with Crippen LogP contribution in [-0.4, -0.2) is 59.1 Å². The van der Waals surface area contributed by atoms with Gasteiger partial charge >= 0.3 is 0 Å². The highest BCUT2D eigenvalue weighted by molar-refractivity contribution is 5.95. The van der Waals surface area contributed by atoms with E-state index in [0.717, 1.165) is 6.54 Å². The summed E-state index contributed by atoms with van der Waals surface area (Å²) in [7, 11) is 0. The maximum Gasteiger partial charge on any atom is 0.257 e. The van der Waals surface area contributed by atoms with E-state index < -0.39 is 6.10 Å². The van der Waals surface area contributed by atoms with E-state index in [2.05, 4.69) is 4.90 Å². The van der Waals surface area contributed by atoms with E-state index in [-0.39, 0.29) is 5.91 Å². The fourth-order valence-electron chi connectivity index (χ4n) is 3.58. The first kappa shape index (κ1) is 14.6. The molecule has 116 valence electrons. The van der Waals surface area contributed by atoms with Crippen molar-refractivity contribution >= 4 is 5.91 Å². The Morgan fingerprint density at radius 3 is 2.71 bits per heavy atom. The van der Waals surface area contributed by atoms with Gasteiger partial charge in [-0.2, -0.15) is 0 Å². The molecule has 5 heteroatoms. The van der Waals surface area contributed by atoms with Crippen LogP contribution < -0.4 is 0 Å². The molecule has 1 aromatic heterocycles. The molecule has 0 bridgehead atoms. The van der Waals surface area contributed by atoms with Crippen LogP contribution >= 0.6 is 0 Å². The van der Waals surface area contributed by atoms with Crippen LogP contribution in [-0.2, 0) is 0 Å². The third-order valence-corrected chi connectivity index (χ3v) is 4.75. The highest BCUT2D eigenvalue weighted by Crippen LogP contribution is 2.25. The molecule has 2 aliphatic rings. The molecule has 0 radical (unpaired) electrons. The highest BCUT2D eigenvalue weighted by atomic mass is 16.3. The van der Waals surface area contributed by atoms with Gasteiger partial charge < -0.3 is 14.4 Å². The summed E-state index contributed by atoms with van der Waals surface area (Å²) in [5.74, 6) is 0.611. The Bertz CT molecular complexity index is 493. The number of nitrogens with zero attached hydrogens (tertiary/aromatic N) is 2. The Morgan fingerprint density at radius 1 is 1.29 bits per heavy atom. The Labute approximate surface area is 125 Å². The second-order valence-corrected chi connectivity index (χ2v) is 6.23. The quantitative estimate of drug-likeness (QED) is 0.900. The molecule has 1 amide bonds. The Morgan fingerprint density at radius 2 is 2.05 bits per heavy atom. The minimum absolute atomic E-state index is 0.0337. The summed E-state index contributed by atoms with van der Waals surface area (Å²) in [6.45, 7) is 4.42. The fraction of sp³-hybridized carbons (Fsp3) is 0.688. The van der Waals surface area contributed by atoms with Gasteiger partial charge in [-0.1, -0.05) is 12.8 Å². The first-order valence-electron chi connectivity index (χ1n) is 7.90. The topological polar surface area (TPSA) is 56.9 Å². The van der Waals surface area contributed by atoms with Crippen LogP contribution in [0.1, 0.15) is 41.8 Å². The molecule has 2 heterocycles. The molecular weight excluding hydrogens is 268 g/mol. The second kappa shape index (κ2) is 6.20. The minimum atomic E-state index is -0.468. The van der Waals surface area contributed by atoms with E-state index in [1.807, 2.05) is 0 Å². The predicted octanol–water partition coefficient (Wildman–Crippen LogP) is 1.65. The fourth-order valence-corrected chi connectivity index (χ4v) is 3.58. The zero-order valence-electron chi connectivity index (χ0n) is 12.6. The number of hydrogen-bond donors (Lipinski definition) is 1. The molecule has 3 rings (SSSR count). The van der Waals surface area contributed by atoms with Crippen LogP contribution in [0.25, 0.3) is 0 Å². The molecular formula is C16H24N2O3. The molecule has 1 aromatic rings. The Kier molecular flexibility index (Phi) is 4.31. The van der Waals surface area contributed by atoms with Crippen molar-refractivity contribution in [3.63, 3.8) is 0 Å². The monoisotopic (exact) mass is 292 g/mol. The van der Waals surface area contributed by atoms with Crippen molar-refractivity contribution in [3.05, 3.63) is 23.7 Å². The SMILES string of the molecule is Cc1occc1C(=O)N1CCN(C2CCCC2)C[C@@H](O)C1. The molecule has 1 N–H and O–H groups in total. The van der Waals surface area contributed by atoms with Crippen molar-refractivity contribution in [2.24, 2.45) is 0 Å². The number of carbonyl (C=O) groups excluding carboxylic acids is 1. The molecule has 21 heavy (non-hydrogen) atoms. The molecule has 2 fully saturated rings. The van der Waals surface area contributed by atoms with Crippen LogP contribution in [0.4, 0.5) is 0 Å². The van der Waals surface area contributed by atoms with E-state index >= 15 is 0 Å². The van der Waals surface area contributed by atoms with Gasteiger partial charge in [-0.05, 0) is 25.8 Å². The van der Waals surface area contributed by atoms with Crippen molar-refractivity contribution in [1.82, 2.24) is 9.80 Å². The van der Waals surface area contributed by atoms with Crippen LogP contribution in [0.5, 0.6) is 0 Å². The van der Waals surface area contributed by atoms with Crippen LogP contribution in [0.3, 0.4) is 0 Å². The second-order valence-electron chi connectivity index (χ2n) is 6.23. The lowest BCUT2D eigenvalue weighted by Gasteiger charge is -2.27. The van der Waals surface area contributed by atoms with E-state index in [0.29, 0.717) is 37.0 Å². The summed E-state index contributed by atoms with van der Waals surface area (Å²) >= 11 is 0. The van der Waals surface area contributed by atoms with Gasteiger partial charge in [0.25, 0.3) is 5.91 Å². The normalized spacial score (nSPS) is 25.2. The molecule has 1 atom stereocenters. The van der Waals surface area contributed by atoms with Crippen molar-refractivity contribution < 1.29 is 14.3 Å². The molecule has 0 aromatic carbocycles. The Balaban J connectivity index is 1.68.